The summed E-state index contributed by atoms with van der Waals surface area (Å²) in [5.41, 5.74) is 0.781. The number of aromatic nitrogens is 1. The number of hydrogen-bond acceptors (Lipinski definition) is 5. The maximum Gasteiger partial charge on any atom is 0.344 e. The van der Waals surface area contributed by atoms with Gasteiger partial charge in [0.05, 0.1) is 12.2 Å². The normalized spacial score (nSPS) is 10.2. The van der Waals surface area contributed by atoms with Gasteiger partial charge in [-0.1, -0.05) is 13.3 Å². The van der Waals surface area contributed by atoms with E-state index in [0.29, 0.717) is 17.9 Å². The molecule has 0 saturated carbocycles. The second-order valence-corrected chi connectivity index (χ2v) is 5.21. The van der Waals surface area contributed by atoms with Crippen molar-refractivity contribution >= 4 is 17.6 Å². The van der Waals surface area contributed by atoms with Crippen LogP contribution in [0.1, 0.15) is 30.1 Å². The molecule has 7 heteroatoms. The molecule has 0 unspecified atom stereocenters. The Morgan fingerprint density at radius 1 is 1.16 bits per heavy atom. The minimum atomic E-state index is -0.464. The smallest absolute Gasteiger partial charge is 0.344 e. The fourth-order valence-electron chi connectivity index (χ4n) is 1.84. The molecule has 0 atom stereocenters. The summed E-state index contributed by atoms with van der Waals surface area (Å²) in [6, 6.07) is 8.43. The maximum absolute atomic E-state index is 12.8. The van der Waals surface area contributed by atoms with E-state index < -0.39 is 5.97 Å². The second kappa shape index (κ2) is 9.36. The molecule has 0 aliphatic heterocycles. The van der Waals surface area contributed by atoms with E-state index in [1.54, 1.807) is 0 Å². The van der Waals surface area contributed by atoms with Crippen molar-refractivity contribution in [3.8, 4) is 5.88 Å². The maximum atomic E-state index is 12.8. The van der Waals surface area contributed by atoms with Crippen LogP contribution in [0.25, 0.3) is 0 Å². The lowest BCUT2D eigenvalue weighted by molar-refractivity contribution is -0.146. The Kier molecular flexibility index (Phi) is 6.88. The zero-order valence-electron chi connectivity index (χ0n) is 13.8. The van der Waals surface area contributed by atoms with E-state index in [1.165, 1.54) is 42.6 Å². The van der Waals surface area contributed by atoms with Crippen LogP contribution in [0.4, 0.5) is 10.1 Å². The molecule has 1 aromatic heterocycles. The van der Waals surface area contributed by atoms with E-state index in [2.05, 4.69) is 10.3 Å². The van der Waals surface area contributed by atoms with Crippen molar-refractivity contribution in [2.45, 2.75) is 19.8 Å². The molecule has 25 heavy (non-hydrogen) atoms. The minimum Gasteiger partial charge on any atom is -0.466 e. The van der Waals surface area contributed by atoms with Crippen LogP contribution in [0.3, 0.4) is 0 Å². The van der Waals surface area contributed by atoms with Gasteiger partial charge in [0.15, 0.2) is 6.61 Å². The summed E-state index contributed by atoms with van der Waals surface area (Å²) in [6.07, 6.45) is 3.08. The largest absolute Gasteiger partial charge is 0.466 e. The van der Waals surface area contributed by atoms with E-state index in [-0.39, 0.29) is 24.2 Å². The Hall–Kier alpha value is -2.96. The van der Waals surface area contributed by atoms with E-state index >= 15 is 0 Å². The van der Waals surface area contributed by atoms with E-state index in [9.17, 15) is 14.0 Å². The predicted octanol–water partition coefficient (Wildman–Crippen LogP) is 3.20. The van der Waals surface area contributed by atoms with Crippen LogP contribution in [0, 0.1) is 5.82 Å². The van der Waals surface area contributed by atoms with Crippen molar-refractivity contribution in [1.29, 1.82) is 0 Å². The number of pyridine rings is 1. The quantitative estimate of drug-likeness (QED) is 0.587. The Labute approximate surface area is 145 Å². The summed E-state index contributed by atoms with van der Waals surface area (Å²) >= 11 is 0. The molecule has 1 N–H and O–H groups in total. The number of hydrogen-bond donors (Lipinski definition) is 1. The topological polar surface area (TPSA) is 77.5 Å². The van der Waals surface area contributed by atoms with Gasteiger partial charge in [-0.05, 0) is 36.8 Å². The number of nitrogens with zero attached hydrogens (tertiary/aromatic N) is 1. The van der Waals surface area contributed by atoms with Gasteiger partial charge in [0.1, 0.15) is 5.82 Å². The van der Waals surface area contributed by atoms with Crippen LogP contribution in [-0.2, 0) is 9.53 Å². The average molecular weight is 346 g/mol. The molecule has 2 rings (SSSR count). The minimum absolute atomic E-state index is 0.214. The lowest BCUT2D eigenvalue weighted by atomic mass is 10.2. The number of carbonyl (C=O) groups is 2. The first-order valence-corrected chi connectivity index (χ1v) is 7.90. The Morgan fingerprint density at radius 3 is 2.56 bits per heavy atom. The third-order valence-electron chi connectivity index (χ3n) is 3.20. The van der Waals surface area contributed by atoms with Crippen LogP contribution < -0.4 is 10.1 Å². The van der Waals surface area contributed by atoms with Crippen molar-refractivity contribution < 1.29 is 23.5 Å². The molecule has 0 aliphatic carbocycles. The van der Waals surface area contributed by atoms with Crippen LogP contribution in [0.2, 0.25) is 0 Å². The van der Waals surface area contributed by atoms with Crippen molar-refractivity contribution in [2.24, 2.45) is 0 Å². The first-order chi connectivity index (χ1) is 12.1. The van der Waals surface area contributed by atoms with Crippen LogP contribution in [0.5, 0.6) is 5.88 Å². The summed E-state index contributed by atoms with van der Waals surface area (Å²) in [5, 5.41) is 2.62. The Bertz CT molecular complexity index is 702. The number of nitrogens with one attached hydrogen (secondary N) is 1. The number of unbranched alkanes of at least 4 members (excludes halogenated alkanes) is 1. The molecular formula is C18H19FN2O4. The van der Waals surface area contributed by atoms with Crippen molar-refractivity contribution in [3.05, 3.63) is 54.0 Å². The SMILES string of the molecule is CCCCOC(=O)COc1ccc(C(=O)Nc2ccc(F)cc2)cn1. The van der Waals surface area contributed by atoms with Crippen molar-refractivity contribution in [2.75, 3.05) is 18.5 Å². The third-order valence-corrected chi connectivity index (χ3v) is 3.20. The molecular weight excluding hydrogens is 327 g/mol. The highest BCUT2D eigenvalue weighted by Gasteiger charge is 2.09. The fraction of sp³-hybridized carbons (Fsp3) is 0.278. The molecule has 1 amide bonds. The van der Waals surface area contributed by atoms with Gasteiger partial charge in [0.25, 0.3) is 5.91 Å². The average Bonchev–Trinajstić information content (AvgIpc) is 2.62. The summed E-state index contributed by atoms with van der Waals surface area (Å²) in [4.78, 5) is 27.5. The van der Waals surface area contributed by atoms with Gasteiger partial charge in [-0.15, -0.1) is 0 Å². The van der Waals surface area contributed by atoms with Gasteiger partial charge in [-0.3, -0.25) is 4.79 Å². The van der Waals surface area contributed by atoms with E-state index in [4.69, 9.17) is 9.47 Å². The highest BCUT2D eigenvalue weighted by molar-refractivity contribution is 6.04. The van der Waals surface area contributed by atoms with Crippen molar-refractivity contribution in [3.63, 3.8) is 0 Å². The third kappa shape index (κ3) is 6.21. The molecule has 0 saturated heterocycles. The molecule has 132 valence electrons. The monoisotopic (exact) mass is 346 g/mol. The highest BCUT2D eigenvalue weighted by atomic mass is 19.1. The number of esters is 1. The number of carbonyl (C=O) groups excluding carboxylic acids is 2. The molecule has 1 aromatic carbocycles. The number of rotatable bonds is 8. The van der Waals surface area contributed by atoms with Crippen LogP contribution >= 0.6 is 0 Å². The molecule has 0 bridgehead atoms. The lowest BCUT2D eigenvalue weighted by Gasteiger charge is -2.07. The summed E-state index contributed by atoms with van der Waals surface area (Å²) < 4.78 is 23.0. The van der Waals surface area contributed by atoms with Gasteiger partial charge in [-0.2, -0.15) is 0 Å². The Morgan fingerprint density at radius 2 is 1.92 bits per heavy atom. The van der Waals surface area contributed by atoms with E-state index in [1.807, 2.05) is 6.92 Å². The Balaban J connectivity index is 1.83. The predicted molar refractivity (Wildman–Crippen MR) is 90.0 cm³/mol. The molecule has 0 fully saturated rings. The second-order valence-electron chi connectivity index (χ2n) is 5.21. The van der Waals surface area contributed by atoms with Crippen molar-refractivity contribution in [1.82, 2.24) is 4.98 Å². The first kappa shape index (κ1) is 18.4. The van der Waals surface area contributed by atoms with Crippen LogP contribution in [-0.4, -0.2) is 30.1 Å². The van der Waals surface area contributed by atoms with Gasteiger partial charge in [-0.25, -0.2) is 14.2 Å². The van der Waals surface area contributed by atoms with E-state index in [0.717, 1.165) is 12.8 Å². The first-order valence-electron chi connectivity index (χ1n) is 7.90. The number of benzene rings is 1. The van der Waals surface area contributed by atoms with Gasteiger partial charge in [0, 0.05) is 18.0 Å². The van der Waals surface area contributed by atoms with Gasteiger partial charge in [0.2, 0.25) is 5.88 Å². The summed E-state index contributed by atoms with van der Waals surface area (Å²) in [5.74, 6) is -1.02. The molecule has 0 spiro atoms. The van der Waals surface area contributed by atoms with Crippen LogP contribution in [0.15, 0.2) is 42.6 Å². The number of halogens is 1. The number of amides is 1. The summed E-state index contributed by atoms with van der Waals surface area (Å²) in [7, 11) is 0. The molecule has 2 aromatic rings. The highest BCUT2D eigenvalue weighted by Crippen LogP contribution is 2.12. The standard InChI is InChI=1S/C18H19FN2O4/c1-2-3-10-24-17(22)12-25-16-9-4-13(11-20-16)18(23)21-15-7-5-14(19)6-8-15/h4-9,11H,2-3,10,12H2,1H3,(H,21,23). The zero-order valence-corrected chi connectivity index (χ0v) is 13.8. The summed E-state index contributed by atoms with van der Waals surface area (Å²) in [6.45, 7) is 2.13. The zero-order chi connectivity index (χ0) is 18.1. The number of ether oxygens (including phenoxy) is 2. The molecule has 6 nitrogen and oxygen atoms in total. The molecule has 0 radical (unpaired) electrons. The van der Waals surface area contributed by atoms with Gasteiger partial charge < -0.3 is 14.8 Å². The molecule has 1 heterocycles. The number of anilines is 1. The lowest BCUT2D eigenvalue weighted by Crippen LogP contribution is -2.16. The molecule has 0 aliphatic rings. The van der Waals surface area contributed by atoms with Gasteiger partial charge >= 0.3 is 5.97 Å². The fourth-order valence-corrected chi connectivity index (χ4v) is 1.84.